The van der Waals surface area contributed by atoms with Gasteiger partial charge in [-0.25, -0.2) is 4.79 Å². The van der Waals surface area contributed by atoms with E-state index >= 15 is 0 Å². The second-order valence-corrected chi connectivity index (χ2v) is 4.13. The van der Waals surface area contributed by atoms with Gasteiger partial charge in [-0.15, -0.1) is 0 Å². The predicted molar refractivity (Wildman–Crippen MR) is 71.0 cm³/mol. The van der Waals surface area contributed by atoms with Crippen molar-refractivity contribution in [2.45, 2.75) is 32.2 Å². The highest BCUT2D eigenvalue weighted by Crippen LogP contribution is 2.08. The van der Waals surface area contributed by atoms with Gasteiger partial charge in [0.25, 0.3) is 0 Å². The molecule has 0 aliphatic heterocycles. The number of carbonyl (C=O) groups is 2. The van der Waals surface area contributed by atoms with E-state index in [1.165, 1.54) is 0 Å². The maximum absolute atomic E-state index is 11.5. The number of rotatable bonds is 8. The summed E-state index contributed by atoms with van der Waals surface area (Å²) in [5, 5.41) is 11.3. The summed E-state index contributed by atoms with van der Waals surface area (Å²) < 4.78 is 5.44. The zero-order valence-electron chi connectivity index (χ0n) is 11.0. The Bertz CT molecular complexity index is 405. The van der Waals surface area contributed by atoms with Crippen LogP contribution in [0.15, 0.2) is 30.3 Å². The lowest BCUT2D eigenvalue weighted by Gasteiger charge is -2.12. The van der Waals surface area contributed by atoms with E-state index in [1.54, 1.807) is 6.92 Å². The van der Waals surface area contributed by atoms with Gasteiger partial charge in [0.2, 0.25) is 5.91 Å². The topological polar surface area (TPSA) is 75.6 Å². The average Bonchev–Trinajstić information content (AvgIpc) is 2.42. The summed E-state index contributed by atoms with van der Waals surface area (Å²) in [6.45, 7) is 2.15. The van der Waals surface area contributed by atoms with Gasteiger partial charge in [0.15, 0.2) is 0 Å². The summed E-state index contributed by atoms with van der Waals surface area (Å²) in [6, 6.07) is 8.54. The van der Waals surface area contributed by atoms with Crippen LogP contribution >= 0.6 is 0 Å². The molecule has 0 spiro atoms. The Morgan fingerprint density at radius 2 is 2.00 bits per heavy atom. The Kier molecular flexibility index (Phi) is 6.43. The van der Waals surface area contributed by atoms with Crippen LogP contribution in [0, 0.1) is 0 Å². The molecule has 5 nitrogen and oxygen atoms in total. The van der Waals surface area contributed by atoms with Gasteiger partial charge >= 0.3 is 5.97 Å². The number of para-hydroxylation sites is 1. The van der Waals surface area contributed by atoms with E-state index < -0.39 is 12.0 Å². The molecule has 0 heterocycles. The molecule has 1 atom stereocenters. The van der Waals surface area contributed by atoms with Gasteiger partial charge in [-0.1, -0.05) is 25.1 Å². The molecule has 1 unspecified atom stereocenters. The summed E-state index contributed by atoms with van der Waals surface area (Å²) in [6.07, 6.45) is 1.19. The zero-order chi connectivity index (χ0) is 14.1. The first-order chi connectivity index (χ1) is 9.13. The highest BCUT2D eigenvalue weighted by molar-refractivity contribution is 5.83. The number of carbonyl (C=O) groups excluding carboxylic acids is 1. The average molecular weight is 265 g/mol. The number of hydrogen-bond acceptors (Lipinski definition) is 3. The molecule has 0 fully saturated rings. The van der Waals surface area contributed by atoms with Gasteiger partial charge in [-0.3, -0.25) is 4.79 Å². The lowest BCUT2D eigenvalue weighted by Crippen LogP contribution is -2.40. The lowest BCUT2D eigenvalue weighted by atomic mass is 10.2. The van der Waals surface area contributed by atoms with E-state index in [9.17, 15) is 9.59 Å². The molecule has 1 rings (SSSR count). The Hall–Kier alpha value is -2.04. The van der Waals surface area contributed by atoms with Crippen molar-refractivity contribution in [2.75, 3.05) is 6.61 Å². The third-order valence-electron chi connectivity index (χ3n) is 2.60. The van der Waals surface area contributed by atoms with Crippen molar-refractivity contribution < 1.29 is 19.4 Å². The molecule has 5 heteroatoms. The van der Waals surface area contributed by atoms with Crippen LogP contribution in [-0.2, 0) is 9.59 Å². The number of amides is 1. The fourth-order valence-electron chi connectivity index (χ4n) is 1.54. The summed E-state index contributed by atoms with van der Waals surface area (Å²) >= 11 is 0. The zero-order valence-corrected chi connectivity index (χ0v) is 11.0. The van der Waals surface area contributed by atoms with E-state index in [2.05, 4.69) is 5.32 Å². The smallest absolute Gasteiger partial charge is 0.326 e. The van der Waals surface area contributed by atoms with Crippen molar-refractivity contribution in [2.24, 2.45) is 0 Å². The minimum absolute atomic E-state index is 0.258. The van der Waals surface area contributed by atoms with Crippen LogP contribution in [0.4, 0.5) is 0 Å². The molecule has 0 radical (unpaired) electrons. The number of hydrogen-bond donors (Lipinski definition) is 2. The highest BCUT2D eigenvalue weighted by Gasteiger charge is 2.16. The molecule has 1 aromatic carbocycles. The Morgan fingerprint density at radius 3 is 2.58 bits per heavy atom. The van der Waals surface area contributed by atoms with Gasteiger partial charge in [-0.05, 0) is 25.0 Å². The van der Waals surface area contributed by atoms with Crippen molar-refractivity contribution in [1.29, 1.82) is 0 Å². The van der Waals surface area contributed by atoms with Crippen LogP contribution in [-0.4, -0.2) is 29.6 Å². The molecule has 0 saturated heterocycles. The van der Waals surface area contributed by atoms with E-state index in [1.807, 2.05) is 30.3 Å². The number of benzene rings is 1. The summed E-state index contributed by atoms with van der Waals surface area (Å²) in [4.78, 5) is 22.2. The van der Waals surface area contributed by atoms with Crippen LogP contribution in [0.2, 0.25) is 0 Å². The number of nitrogens with one attached hydrogen (secondary N) is 1. The summed E-state index contributed by atoms with van der Waals surface area (Å²) in [7, 11) is 0. The maximum Gasteiger partial charge on any atom is 0.326 e. The predicted octanol–water partition coefficient (Wildman–Crippen LogP) is 1.82. The fourth-order valence-corrected chi connectivity index (χ4v) is 1.54. The molecule has 0 saturated carbocycles. The quantitative estimate of drug-likeness (QED) is 0.703. The van der Waals surface area contributed by atoms with E-state index in [0.717, 1.165) is 5.75 Å². The van der Waals surface area contributed by atoms with Crippen molar-refractivity contribution in [3.05, 3.63) is 30.3 Å². The van der Waals surface area contributed by atoms with Gasteiger partial charge in [0, 0.05) is 6.42 Å². The monoisotopic (exact) mass is 265 g/mol. The van der Waals surface area contributed by atoms with Gasteiger partial charge < -0.3 is 15.2 Å². The molecule has 0 aliphatic carbocycles. The number of aliphatic carboxylic acids is 1. The molecular formula is C14H19NO4. The van der Waals surface area contributed by atoms with Gasteiger partial charge in [0.1, 0.15) is 11.8 Å². The SMILES string of the molecule is CCC(NC(=O)CCCOc1ccccc1)C(=O)O. The molecule has 1 aromatic rings. The van der Waals surface area contributed by atoms with E-state index in [0.29, 0.717) is 19.4 Å². The molecule has 0 bridgehead atoms. The first-order valence-corrected chi connectivity index (χ1v) is 6.33. The number of carboxylic acids is 1. The number of ether oxygens (including phenoxy) is 1. The third kappa shape index (κ3) is 5.90. The van der Waals surface area contributed by atoms with Crippen LogP contribution in [0.5, 0.6) is 5.75 Å². The van der Waals surface area contributed by atoms with Crippen LogP contribution in [0.25, 0.3) is 0 Å². The second-order valence-electron chi connectivity index (χ2n) is 4.13. The molecule has 104 valence electrons. The minimum atomic E-state index is -1.00. The summed E-state index contributed by atoms with van der Waals surface area (Å²) in [5.74, 6) is -0.498. The van der Waals surface area contributed by atoms with Gasteiger partial charge in [-0.2, -0.15) is 0 Å². The van der Waals surface area contributed by atoms with Crippen molar-refractivity contribution >= 4 is 11.9 Å². The lowest BCUT2D eigenvalue weighted by molar-refractivity contribution is -0.141. The van der Waals surface area contributed by atoms with Gasteiger partial charge in [0.05, 0.1) is 6.61 Å². The molecule has 0 aliphatic rings. The standard InChI is InChI=1S/C14H19NO4/c1-2-12(14(17)18)15-13(16)9-6-10-19-11-7-4-3-5-8-11/h3-5,7-8,12H,2,6,9-10H2,1H3,(H,15,16)(H,17,18). The molecular weight excluding hydrogens is 246 g/mol. The van der Waals surface area contributed by atoms with E-state index in [4.69, 9.17) is 9.84 Å². The molecule has 19 heavy (non-hydrogen) atoms. The number of carboxylic acid groups (broad SMARTS) is 1. The van der Waals surface area contributed by atoms with Crippen molar-refractivity contribution in [3.8, 4) is 5.75 Å². The first kappa shape index (κ1) is 15.0. The molecule has 1 amide bonds. The normalized spacial score (nSPS) is 11.6. The highest BCUT2D eigenvalue weighted by atomic mass is 16.5. The Morgan fingerprint density at radius 1 is 1.32 bits per heavy atom. The summed E-state index contributed by atoms with van der Waals surface area (Å²) in [5.41, 5.74) is 0. The minimum Gasteiger partial charge on any atom is -0.494 e. The largest absolute Gasteiger partial charge is 0.494 e. The van der Waals surface area contributed by atoms with Crippen LogP contribution in [0.1, 0.15) is 26.2 Å². The fraction of sp³-hybridized carbons (Fsp3) is 0.429. The van der Waals surface area contributed by atoms with Crippen LogP contribution < -0.4 is 10.1 Å². The van der Waals surface area contributed by atoms with Crippen molar-refractivity contribution in [3.63, 3.8) is 0 Å². The third-order valence-corrected chi connectivity index (χ3v) is 2.60. The second kappa shape index (κ2) is 8.13. The Balaban J connectivity index is 2.19. The van der Waals surface area contributed by atoms with Crippen LogP contribution in [0.3, 0.4) is 0 Å². The van der Waals surface area contributed by atoms with E-state index in [-0.39, 0.29) is 12.3 Å². The first-order valence-electron chi connectivity index (χ1n) is 6.33. The Labute approximate surface area is 112 Å². The molecule has 0 aromatic heterocycles. The van der Waals surface area contributed by atoms with Crippen molar-refractivity contribution in [1.82, 2.24) is 5.32 Å². The molecule has 2 N–H and O–H groups in total. The maximum atomic E-state index is 11.5.